The summed E-state index contributed by atoms with van der Waals surface area (Å²) in [7, 11) is 0. The lowest BCUT2D eigenvalue weighted by Crippen LogP contribution is -2.47. The highest BCUT2D eigenvalue weighted by Gasteiger charge is 2.10. The third-order valence-electron chi connectivity index (χ3n) is 9.97. The number of rotatable bonds is 25. The molecule has 0 heterocycles. The highest BCUT2D eigenvalue weighted by Crippen LogP contribution is 2.29. The van der Waals surface area contributed by atoms with Gasteiger partial charge in [-0.3, -0.25) is 0 Å². The van der Waals surface area contributed by atoms with Crippen LogP contribution in [0.4, 0.5) is 0 Å². The molecule has 0 fully saturated rings. The molecule has 0 amide bonds. The van der Waals surface area contributed by atoms with E-state index >= 15 is 0 Å². The van der Waals surface area contributed by atoms with Crippen LogP contribution in [0.1, 0.15) is 126 Å². The van der Waals surface area contributed by atoms with E-state index in [1.54, 1.807) is 0 Å². The summed E-state index contributed by atoms with van der Waals surface area (Å²) in [5.74, 6) is 1.76. The first-order chi connectivity index (χ1) is 24.6. The molecular formula is C46H66N2O2+2. The predicted octanol–water partition coefficient (Wildman–Crippen LogP) is 10.5. The van der Waals surface area contributed by atoms with Gasteiger partial charge in [0.05, 0.1) is 0 Å². The average molecular weight is 679 g/mol. The summed E-state index contributed by atoms with van der Waals surface area (Å²) >= 11 is 0. The second kappa shape index (κ2) is 23.0. The second-order valence-corrected chi connectivity index (χ2v) is 14.0. The van der Waals surface area contributed by atoms with E-state index in [9.17, 15) is 0 Å². The topological polar surface area (TPSA) is 73.7 Å². The quantitative estimate of drug-likeness (QED) is 0.0685. The number of aryl methyl sites for hydroxylation is 2. The summed E-state index contributed by atoms with van der Waals surface area (Å²) < 4.78 is 12.4. The van der Waals surface area contributed by atoms with Gasteiger partial charge in [0.15, 0.2) is 0 Å². The van der Waals surface area contributed by atoms with Gasteiger partial charge in [-0.05, 0) is 83.3 Å². The number of benzene rings is 4. The third-order valence-corrected chi connectivity index (χ3v) is 9.97. The maximum absolute atomic E-state index is 6.20. The summed E-state index contributed by atoms with van der Waals surface area (Å²) in [5.41, 5.74) is 18.3. The van der Waals surface area contributed by atoms with Crippen molar-refractivity contribution < 1.29 is 20.9 Å². The van der Waals surface area contributed by atoms with Crippen LogP contribution in [0.3, 0.4) is 0 Å². The van der Waals surface area contributed by atoms with Crippen molar-refractivity contribution in [2.75, 3.05) is 13.2 Å². The molecule has 0 saturated carbocycles. The second-order valence-electron chi connectivity index (χ2n) is 14.0. The van der Waals surface area contributed by atoms with E-state index in [1.165, 1.54) is 136 Å². The van der Waals surface area contributed by atoms with Crippen LogP contribution in [0.25, 0.3) is 22.3 Å². The smallest absolute Gasteiger partial charge is 0.128 e. The maximum atomic E-state index is 6.20. The third kappa shape index (κ3) is 13.3. The molecule has 270 valence electrons. The van der Waals surface area contributed by atoms with E-state index in [2.05, 4.69) is 110 Å². The standard InChI is InChI=1S/C46H64N2O2/c1-3-5-7-9-11-13-15-17-37-19-23-39(24-20-37)41-27-29-45(43(33-41)35-47)49-31-32-50-46-30-28-42(34-44(46)36-48)40-25-21-38(22-26-40)18-16-14-12-10-8-6-4-2/h19-30,33-34H,3-18,31-32,35-36,47-48H2,1-2H3/p+2. The van der Waals surface area contributed by atoms with E-state index in [0.717, 1.165) is 22.6 Å². The van der Waals surface area contributed by atoms with E-state index in [0.29, 0.717) is 26.3 Å². The lowest BCUT2D eigenvalue weighted by Gasteiger charge is -2.14. The zero-order valence-electron chi connectivity index (χ0n) is 31.5. The zero-order valence-corrected chi connectivity index (χ0v) is 31.5. The number of unbranched alkanes of at least 4 members (excludes halogenated alkanes) is 12. The highest BCUT2D eigenvalue weighted by molar-refractivity contribution is 5.67. The molecule has 0 atom stereocenters. The Balaban J connectivity index is 1.22. The molecule has 0 unspecified atom stereocenters. The van der Waals surface area contributed by atoms with Crippen LogP contribution >= 0.6 is 0 Å². The Morgan fingerprint density at radius 1 is 0.400 bits per heavy atom. The summed E-state index contributed by atoms with van der Waals surface area (Å²) in [6.45, 7) is 6.85. The van der Waals surface area contributed by atoms with Gasteiger partial charge in [-0.25, -0.2) is 0 Å². The zero-order chi connectivity index (χ0) is 35.2. The molecule has 0 saturated heterocycles. The van der Waals surface area contributed by atoms with Gasteiger partial charge in [-0.2, -0.15) is 0 Å². The summed E-state index contributed by atoms with van der Waals surface area (Å²) in [5, 5.41) is 0. The van der Waals surface area contributed by atoms with Gasteiger partial charge in [0.1, 0.15) is 37.8 Å². The fourth-order valence-corrected chi connectivity index (χ4v) is 6.79. The van der Waals surface area contributed by atoms with Crippen molar-refractivity contribution in [3.8, 4) is 33.8 Å². The van der Waals surface area contributed by atoms with Crippen LogP contribution in [0.2, 0.25) is 0 Å². The molecule has 0 bridgehead atoms. The molecule has 4 rings (SSSR count). The fourth-order valence-electron chi connectivity index (χ4n) is 6.79. The van der Waals surface area contributed by atoms with Crippen molar-refractivity contribution in [1.29, 1.82) is 0 Å². The van der Waals surface area contributed by atoms with Crippen molar-refractivity contribution in [2.45, 2.75) is 130 Å². The normalized spacial score (nSPS) is 11.2. The molecule has 50 heavy (non-hydrogen) atoms. The monoisotopic (exact) mass is 679 g/mol. The maximum Gasteiger partial charge on any atom is 0.128 e. The first-order valence-electron chi connectivity index (χ1n) is 19.9. The Hall–Kier alpha value is -3.60. The average Bonchev–Trinajstić information content (AvgIpc) is 3.16. The van der Waals surface area contributed by atoms with Crippen molar-refractivity contribution >= 4 is 0 Å². The molecule has 0 aromatic heterocycles. The van der Waals surface area contributed by atoms with Crippen LogP contribution in [0, 0.1) is 0 Å². The molecule has 4 aromatic carbocycles. The Labute approximate surface area is 304 Å². The number of quaternary nitrogens is 2. The Bertz CT molecular complexity index is 1380. The molecule has 6 N–H and O–H groups in total. The van der Waals surface area contributed by atoms with Gasteiger partial charge in [0.2, 0.25) is 0 Å². The minimum Gasteiger partial charge on any atom is -0.490 e. The number of ether oxygens (including phenoxy) is 2. The molecular weight excluding hydrogens is 613 g/mol. The van der Waals surface area contributed by atoms with Gasteiger partial charge in [-0.15, -0.1) is 0 Å². The SMILES string of the molecule is CCCCCCCCCc1ccc(-c2ccc(OCCOc3ccc(-c4ccc(CCCCCCCCC)cc4)cc3C[NH3+])c(C[NH3+])c2)cc1. The largest absolute Gasteiger partial charge is 0.490 e. The van der Waals surface area contributed by atoms with Crippen molar-refractivity contribution in [3.63, 3.8) is 0 Å². The van der Waals surface area contributed by atoms with Gasteiger partial charge >= 0.3 is 0 Å². The van der Waals surface area contributed by atoms with Gasteiger partial charge < -0.3 is 20.9 Å². The highest BCUT2D eigenvalue weighted by atomic mass is 16.5. The molecule has 0 spiro atoms. The number of hydrogen-bond donors (Lipinski definition) is 2. The van der Waals surface area contributed by atoms with E-state index < -0.39 is 0 Å². The number of hydrogen-bond acceptors (Lipinski definition) is 2. The van der Waals surface area contributed by atoms with Crippen molar-refractivity contribution in [2.24, 2.45) is 0 Å². The first-order valence-corrected chi connectivity index (χ1v) is 19.9. The molecule has 0 aliphatic heterocycles. The molecule has 4 aromatic rings. The lowest BCUT2D eigenvalue weighted by molar-refractivity contribution is -0.387. The van der Waals surface area contributed by atoms with Crippen LogP contribution in [-0.2, 0) is 25.9 Å². The van der Waals surface area contributed by atoms with Gasteiger partial charge in [0, 0.05) is 11.1 Å². The van der Waals surface area contributed by atoms with E-state index in [4.69, 9.17) is 9.47 Å². The van der Waals surface area contributed by atoms with Crippen LogP contribution < -0.4 is 20.9 Å². The minimum absolute atomic E-state index is 0.470. The summed E-state index contributed by atoms with van der Waals surface area (Å²) in [6.07, 6.45) is 21.2. The van der Waals surface area contributed by atoms with E-state index in [-0.39, 0.29) is 0 Å². The molecule has 4 heteroatoms. The summed E-state index contributed by atoms with van der Waals surface area (Å²) in [6, 6.07) is 31.1. The minimum atomic E-state index is 0.470. The Kier molecular flexibility index (Phi) is 18.0. The summed E-state index contributed by atoms with van der Waals surface area (Å²) in [4.78, 5) is 0. The first kappa shape index (κ1) is 39.2. The fraction of sp³-hybridized carbons (Fsp3) is 0.478. The molecule has 0 radical (unpaired) electrons. The Morgan fingerprint density at radius 2 is 0.740 bits per heavy atom. The Morgan fingerprint density at radius 3 is 1.10 bits per heavy atom. The van der Waals surface area contributed by atoms with Crippen molar-refractivity contribution in [3.05, 3.63) is 107 Å². The van der Waals surface area contributed by atoms with Crippen LogP contribution in [0.15, 0.2) is 84.9 Å². The van der Waals surface area contributed by atoms with Crippen molar-refractivity contribution in [1.82, 2.24) is 0 Å². The lowest BCUT2D eigenvalue weighted by atomic mass is 9.99. The molecule has 0 aliphatic carbocycles. The van der Waals surface area contributed by atoms with Gasteiger partial charge in [0.25, 0.3) is 0 Å². The van der Waals surface area contributed by atoms with Crippen LogP contribution in [-0.4, -0.2) is 13.2 Å². The molecule has 4 nitrogen and oxygen atoms in total. The van der Waals surface area contributed by atoms with Gasteiger partial charge in [-0.1, -0.05) is 152 Å². The molecule has 0 aliphatic rings. The van der Waals surface area contributed by atoms with Crippen LogP contribution in [0.5, 0.6) is 11.5 Å². The predicted molar refractivity (Wildman–Crippen MR) is 211 cm³/mol. The van der Waals surface area contributed by atoms with E-state index in [1.807, 2.05) is 0 Å².